The van der Waals surface area contributed by atoms with Gasteiger partial charge in [-0.15, -0.1) is 0 Å². The molecule has 0 unspecified atom stereocenters. The highest BCUT2D eigenvalue weighted by atomic mass is 32.2. The Bertz CT molecular complexity index is 1130. The van der Waals surface area contributed by atoms with Gasteiger partial charge >= 0.3 is 5.88 Å². The number of nitrogens with zero attached hydrogens (tertiary/aromatic N) is 5. The molecule has 30 heavy (non-hydrogen) atoms. The van der Waals surface area contributed by atoms with Crippen molar-refractivity contribution in [2.75, 3.05) is 16.0 Å². The summed E-state index contributed by atoms with van der Waals surface area (Å²) in [6.07, 6.45) is 6.53. The molecule has 150 valence electrons. The monoisotopic (exact) mass is 421 g/mol. The maximum Gasteiger partial charge on any atom is 0.302 e. The molecule has 0 atom stereocenters. The normalized spacial score (nSPS) is 14.8. The molecule has 2 amide bonds. The molecule has 0 bridgehead atoms. The van der Waals surface area contributed by atoms with Gasteiger partial charge in [-0.1, -0.05) is 40.7 Å². The van der Waals surface area contributed by atoms with E-state index < -0.39 is 0 Å². The Hall–Kier alpha value is -3.79. The lowest BCUT2D eigenvalue weighted by Gasteiger charge is -2.17. The van der Waals surface area contributed by atoms with E-state index in [4.69, 9.17) is 4.52 Å². The Morgan fingerprint density at radius 1 is 1.27 bits per heavy atom. The average molecular weight is 421 g/mol. The van der Waals surface area contributed by atoms with Crippen molar-refractivity contribution in [3.63, 3.8) is 0 Å². The number of hydrogen-bond acceptors (Lipinski definition) is 7. The number of hydrogen-bond donors (Lipinski definition) is 1. The van der Waals surface area contributed by atoms with Gasteiger partial charge in [0.15, 0.2) is 17.5 Å². The van der Waals surface area contributed by atoms with Crippen LogP contribution in [0.4, 0.5) is 11.6 Å². The van der Waals surface area contributed by atoms with Crippen LogP contribution < -0.4 is 14.9 Å². The van der Waals surface area contributed by atoms with Gasteiger partial charge in [-0.2, -0.15) is 0 Å². The topological polar surface area (TPSA) is 105 Å². The molecule has 0 spiro atoms. The number of aliphatic imine (C=N–C) groups is 1. The Balaban J connectivity index is 1.55. The van der Waals surface area contributed by atoms with Gasteiger partial charge in [0.05, 0.1) is 11.4 Å². The van der Waals surface area contributed by atoms with E-state index >= 15 is 0 Å². The number of rotatable bonds is 5. The summed E-state index contributed by atoms with van der Waals surface area (Å²) in [5.41, 5.74) is 1.71. The number of benzene rings is 1. The van der Waals surface area contributed by atoms with Crippen molar-refractivity contribution in [2.24, 2.45) is 12.0 Å². The zero-order valence-electron chi connectivity index (χ0n) is 15.9. The summed E-state index contributed by atoms with van der Waals surface area (Å²) in [6, 6.07) is 12.8. The summed E-state index contributed by atoms with van der Waals surface area (Å²) in [4.78, 5) is 35.3. The van der Waals surface area contributed by atoms with Crippen molar-refractivity contribution >= 4 is 46.4 Å². The van der Waals surface area contributed by atoms with Crippen LogP contribution in [0.5, 0.6) is 0 Å². The molecule has 0 saturated carbocycles. The molecule has 1 aliphatic rings. The molecule has 1 aromatic carbocycles. The standard InChI is InChI=1S/C20H16N6O3S/c1-25-12-18(29-24-25)23-17(27)13-30-20-22-16(10-14-6-5-9-21-11-14)19(28)26(20)15-7-3-2-4-8-15/h2-12H,13H2,1H3/p+1/b16-10+. The van der Waals surface area contributed by atoms with Crippen LogP contribution in [0, 0.1) is 0 Å². The van der Waals surface area contributed by atoms with Crippen LogP contribution in [0.2, 0.25) is 0 Å². The molecule has 4 rings (SSSR count). The number of amidine groups is 1. The van der Waals surface area contributed by atoms with Crippen LogP contribution in [0.1, 0.15) is 5.56 Å². The lowest BCUT2D eigenvalue weighted by molar-refractivity contribution is -0.739. The first-order chi connectivity index (χ1) is 14.6. The minimum absolute atomic E-state index is 0.0417. The van der Waals surface area contributed by atoms with Gasteiger partial charge in [0.25, 0.3) is 12.1 Å². The van der Waals surface area contributed by atoms with E-state index in [1.54, 1.807) is 37.8 Å². The van der Waals surface area contributed by atoms with E-state index in [1.807, 2.05) is 36.4 Å². The first-order valence-electron chi connectivity index (χ1n) is 8.95. The van der Waals surface area contributed by atoms with E-state index in [9.17, 15) is 9.59 Å². The van der Waals surface area contributed by atoms with Gasteiger partial charge in [-0.3, -0.25) is 29.3 Å². The van der Waals surface area contributed by atoms with Crippen molar-refractivity contribution < 1.29 is 18.8 Å². The van der Waals surface area contributed by atoms with E-state index in [2.05, 4.69) is 20.6 Å². The SMILES string of the molecule is C[n+]1cc(NC(=O)CSC2=N/C(=C/c3cccnc3)C(=O)N2c2ccccc2)on1. The number of carbonyl (C=O) groups excluding carboxylic acids is 2. The molecular formula is C20H17N6O3S+. The fraction of sp³-hybridized carbons (Fsp3) is 0.100. The zero-order valence-corrected chi connectivity index (χ0v) is 16.7. The largest absolute Gasteiger partial charge is 0.302 e. The van der Waals surface area contributed by atoms with Crippen LogP contribution >= 0.6 is 11.8 Å². The van der Waals surface area contributed by atoms with E-state index in [0.29, 0.717) is 10.9 Å². The molecule has 0 saturated heterocycles. The predicted molar refractivity (Wildman–Crippen MR) is 112 cm³/mol. The quantitative estimate of drug-likeness (QED) is 0.499. The van der Waals surface area contributed by atoms with Gasteiger partial charge in [0.1, 0.15) is 5.70 Å². The van der Waals surface area contributed by atoms with Crippen LogP contribution in [0.25, 0.3) is 6.08 Å². The zero-order chi connectivity index (χ0) is 20.9. The predicted octanol–water partition coefficient (Wildman–Crippen LogP) is 2.01. The number of nitrogens with one attached hydrogen (secondary N) is 1. The molecule has 0 aliphatic carbocycles. The fourth-order valence-electron chi connectivity index (χ4n) is 2.70. The highest BCUT2D eigenvalue weighted by molar-refractivity contribution is 8.14. The third kappa shape index (κ3) is 4.44. The number of carbonyl (C=O) groups is 2. The molecule has 0 fully saturated rings. The Kier molecular flexibility index (Phi) is 5.66. The van der Waals surface area contributed by atoms with Crippen LogP contribution in [-0.4, -0.2) is 33.0 Å². The van der Waals surface area contributed by atoms with E-state index in [0.717, 1.165) is 17.3 Å². The number of para-hydroxylation sites is 1. The lowest BCUT2D eigenvalue weighted by atomic mass is 10.2. The molecular weight excluding hydrogens is 404 g/mol. The van der Waals surface area contributed by atoms with Crippen LogP contribution in [0.3, 0.4) is 0 Å². The summed E-state index contributed by atoms with van der Waals surface area (Å²) in [5.74, 6) is -0.288. The third-order valence-corrected chi connectivity index (χ3v) is 4.94. The molecule has 10 heteroatoms. The summed E-state index contributed by atoms with van der Waals surface area (Å²) in [6.45, 7) is 0. The molecule has 1 aliphatic heterocycles. The summed E-state index contributed by atoms with van der Waals surface area (Å²) in [5, 5.41) is 6.68. The second kappa shape index (κ2) is 8.70. The number of amides is 2. The van der Waals surface area contributed by atoms with Crippen molar-refractivity contribution in [1.82, 2.24) is 10.3 Å². The number of aromatic nitrogens is 3. The molecule has 1 N–H and O–H groups in total. The second-order valence-electron chi connectivity index (χ2n) is 6.26. The summed E-state index contributed by atoms with van der Waals surface area (Å²) >= 11 is 1.16. The van der Waals surface area contributed by atoms with E-state index in [-0.39, 0.29) is 29.1 Å². The molecule has 0 radical (unpaired) electrons. The molecule has 3 aromatic rings. The highest BCUT2D eigenvalue weighted by Crippen LogP contribution is 2.29. The third-order valence-electron chi connectivity index (χ3n) is 4.00. The van der Waals surface area contributed by atoms with Gasteiger partial charge in [-0.25, -0.2) is 4.99 Å². The Morgan fingerprint density at radius 2 is 2.10 bits per heavy atom. The number of pyridine rings is 1. The summed E-state index contributed by atoms with van der Waals surface area (Å²) < 4.78 is 6.40. The second-order valence-corrected chi connectivity index (χ2v) is 7.21. The van der Waals surface area contributed by atoms with Crippen molar-refractivity contribution in [3.05, 3.63) is 72.3 Å². The minimum atomic E-state index is -0.301. The number of thioether (sulfide) groups is 1. The van der Waals surface area contributed by atoms with Crippen LogP contribution in [0.15, 0.2) is 76.3 Å². The first kappa shape index (κ1) is 19.5. The van der Waals surface area contributed by atoms with Crippen molar-refractivity contribution in [3.8, 4) is 0 Å². The maximum atomic E-state index is 13.0. The Morgan fingerprint density at radius 3 is 2.80 bits per heavy atom. The van der Waals surface area contributed by atoms with Gasteiger partial charge in [0.2, 0.25) is 5.91 Å². The summed E-state index contributed by atoms with van der Waals surface area (Å²) in [7, 11) is 1.68. The van der Waals surface area contributed by atoms with Crippen molar-refractivity contribution in [2.45, 2.75) is 0 Å². The van der Waals surface area contributed by atoms with Crippen molar-refractivity contribution in [1.29, 1.82) is 0 Å². The van der Waals surface area contributed by atoms with Crippen LogP contribution in [-0.2, 0) is 16.6 Å². The highest BCUT2D eigenvalue weighted by Gasteiger charge is 2.32. The maximum absolute atomic E-state index is 13.0. The van der Waals surface area contributed by atoms with E-state index in [1.165, 1.54) is 9.58 Å². The minimum Gasteiger partial charge on any atom is -0.288 e. The van der Waals surface area contributed by atoms with Gasteiger partial charge in [-0.05, 0) is 29.8 Å². The molecule has 2 aromatic heterocycles. The average Bonchev–Trinajstić information content (AvgIpc) is 3.30. The smallest absolute Gasteiger partial charge is 0.288 e. The Labute approximate surface area is 176 Å². The fourth-order valence-corrected chi connectivity index (χ4v) is 3.51. The molecule has 3 heterocycles. The molecule has 9 nitrogen and oxygen atoms in total. The number of aryl methyl sites for hydroxylation is 1. The van der Waals surface area contributed by atoms with Gasteiger partial charge < -0.3 is 0 Å². The van der Waals surface area contributed by atoms with Gasteiger partial charge in [0, 0.05) is 12.4 Å². The number of anilines is 2. The first-order valence-corrected chi connectivity index (χ1v) is 9.94. The lowest BCUT2D eigenvalue weighted by Crippen LogP contribution is -2.31.